The maximum atomic E-state index is 12.0. The van der Waals surface area contributed by atoms with Gasteiger partial charge in [0.1, 0.15) is 11.7 Å². The molecule has 1 heterocycles. The van der Waals surface area contributed by atoms with Gasteiger partial charge in [-0.25, -0.2) is 4.98 Å². The summed E-state index contributed by atoms with van der Waals surface area (Å²) in [4.78, 5) is 16.1. The van der Waals surface area contributed by atoms with Gasteiger partial charge in [-0.15, -0.1) is 11.3 Å². The van der Waals surface area contributed by atoms with Crippen molar-refractivity contribution in [3.05, 3.63) is 16.1 Å². The van der Waals surface area contributed by atoms with Crippen LogP contribution in [0.25, 0.3) is 0 Å². The molecule has 0 radical (unpaired) electrons. The van der Waals surface area contributed by atoms with Crippen LogP contribution in [0.1, 0.15) is 47.6 Å². The highest BCUT2D eigenvalue weighted by atomic mass is 32.1. The molecule has 18 heavy (non-hydrogen) atoms. The summed E-state index contributed by atoms with van der Waals surface area (Å²) in [5.74, 6) is 0.0731. The van der Waals surface area contributed by atoms with E-state index >= 15 is 0 Å². The molecule has 2 rings (SSSR count). The fourth-order valence-electron chi connectivity index (χ4n) is 2.41. The van der Waals surface area contributed by atoms with E-state index in [0.29, 0.717) is 11.6 Å². The van der Waals surface area contributed by atoms with E-state index in [4.69, 9.17) is 0 Å². The van der Waals surface area contributed by atoms with Gasteiger partial charge in [0, 0.05) is 5.38 Å². The van der Waals surface area contributed by atoms with E-state index in [9.17, 15) is 10.1 Å². The lowest BCUT2D eigenvalue weighted by Crippen LogP contribution is -2.40. The number of hydrogen-bond acceptors (Lipinski definition) is 4. The Balaban J connectivity index is 1.98. The molecule has 4 nitrogen and oxygen atoms in total. The number of hydrogen-bond donors (Lipinski definition) is 1. The van der Waals surface area contributed by atoms with Crippen molar-refractivity contribution >= 4 is 17.2 Å². The molecule has 1 saturated carbocycles. The number of nitrogens with zero attached hydrogens (tertiary/aromatic N) is 2. The normalized spacial score (nSPS) is 18.0. The van der Waals surface area contributed by atoms with Crippen molar-refractivity contribution in [1.29, 1.82) is 5.26 Å². The number of aromatic nitrogens is 1. The van der Waals surface area contributed by atoms with Gasteiger partial charge in [0.15, 0.2) is 0 Å². The first-order valence-corrected chi connectivity index (χ1v) is 7.21. The van der Waals surface area contributed by atoms with E-state index < -0.39 is 0 Å². The predicted molar refractivity (Wildman–Crippen MR) is 70.3 cm³/mol. The molecule has 1 aliphatic rings. The first kappa shape index (κ1) is 13.0. The molecule has 1 aliphatic carbocycles. The summed E-state index contributed by atoms with van der Waals surface area (Å²) in [7, 11) is 0. The molecular weight excluding hydrogens is 246 g/mol. The molecule has 0 bridgehead atoms. The smallest absolute Gasteiger partial charge is 0.271 e. The summed E-state index contributed by atoms with van der Waals surface area (Å²) in [6.07, 6.45) is 5.64. The third kappa shape index (κ3) is 3.08. The molecule has 1 atom stereocenters. The Morgan fingerprint density at radius 3 is 2.83 bits per heavy atom. The zero-order chi connectivity index (χ0) is 13.0. The van der Waals surface area contributed by atoms with Crippen molar-refractivity contribution < 1.29 is 4.79 Å². The minimum absolute atomic E-state index is 0.225. The molecule has 0 aliphatic heterocycles. The fourth-order valence-corrected chi connectivity index (χ4v) is 3.00. The molecule has 96 valence electrons. The van der Waals surface area contributed by atoms with Crippen LogP contribution in [0.15, 0.2) is 5.38 Å². The average Bonchev–Trinajstić information content (AvgIpc) is 2.83. The highest BCUT2D eigenvalue weighted by molar-refractivity contribution is 7.09. The van der Waals surface area contributed by atoms with Gasteiger partial charge in [0.05, 0.1) is 11.1 Å². The summed E-state index contributed by atoms with van der Waals surface area (Å²) in [6, 6.07) is 1.85. The summed E-state index contributed by atoms with van der Waals surface area (Å²) < 4.78 is 0. The minimum atomic E-state index is -0.375. The van der Waals surface area contributed by atoms with Gasteiger partial charge >= 0.3 is 0 Å². The Labute approximate surface area is 111 Å². The van der Waals surface area contributed by atoms with Gasteiger partial charge in [-0.1, -0.05) is 19.3 Å². The number of amides is 1. The van der Waals surface area contributed by atoms with Gasteiger partial charge in [-0.3, -0.25) is 4.79 Å². The van der Waals surface area contributed by atoms with E-state index in [2.05, 4.69) is 16.4 Å². The standard InChI is InChI=1S/C13H17N3OS/c1-9-15-12(8-18-9)13(17)16-11(7-14)10-5-3-2-4-6-10/h8,10-11H,2-6H2,1H3,(H,16,17). The number of carbonyl (C=O) groups is 1. The van der Waals surface area contributed by atoms with Crippen LogP contribution < -0.4 is 5.32 Å². The van der Waals surface area contributed by atoms with E-state index in [1.165, 1.54) is 17.8 Å². The molecule has 1 N–H and O–H groups in total. The third-order valence-corrected chi connectivity index (χ3v) is 4.17. The van der Waals surface area contributed by atoms with Crippen molar-refractivity contribution in [3.8, 4) is 6.07 Å². The van der Waals surface area contributed by atoms with Crippen LogP contribution in [0.2, 0.25) is 0 Å². The number of nitrogens with one attached hydrogen (secondary N) is 1. The van der Waals surface area contributed by atoms with Gasteiger partial charge in [0.2, 0.25) is 0 Å². The predicted octanol–water partition coefficient (Wildman–Crippen LogP) is 2.65. The minimum Gasteiger partial charge on any atom is -0.335 e. The first-order chi connectivity index (χ1) is 8.70. The Kier molecular flexibility index (Phi) is 4.32. The van der Waals surface area contributed by atoms with Crippen LogP contribution in [-0.4, -0.2) is 16.9 Å². The number of nitriles is 1. The largest absolute Gasteiger partial charge is 0.335 e. The lowest BCUT2D eigenvalue weighted by molar-refractivity contribution is 0.0924. The van der Waals surface area contributed by atoms with Crippen molar-refractivity contribution in [2.75, 3.05) is 0 Å². The van der Waals surface area contributed by atoms with E-state index in [1.54, 1.807) is 5.38 Å². The lowest BCUT2D eigenvalue weighted by atomic mass is 9.84. The van der Waals surface area contributed by atoms with Crippen LogP contribution in [0.4, 0.5) is 0 Å². The van der Waals surface area contributed by atoms with Gasteiger partial charge in [-0.2, -0.15) is 5.26 Å². The zero-order valence-electron chi connectivity index (χ0n) is 10.5. The van der Waals surface area contributed by atoms with E-state index in [1.807, 2.05) is 6.92 Å². The third-order valence-electron chi connectivity index (χ3n) is 3.40. The Morgan fingerprint density at radius 2 is 2.28 bits per heavy atom. The molecule has 1 unspecified atom stereocenters. The van der Waals surface area contributed by atoms with Gasteiger partial charge in [0.25, 0.3) is 5.91 Å². The summed E-state index contributed by atoms with van der Waals surface area (Å²) in [6.45, 7) is 1.87. The second-order valence-electron chi connectivity index (χ2n) is 4.73. The fraction of sp³-hybridized carbons (Fsp3) is 0.615. The van der Waals surface area contributed by atoms with E-state index in [0.717, 1.165) is 30.7 Å². The SMILES string of the molecule is Cc1nc(C(=O)NC(C#N)C2CCCCC2)cs1. The number of rotatable bonds is 3. The highest BCUT2D eigenvalue weighted by Gasteiger charge is 2.25. The highest BCUT2D eigenvalue weighted by Crippen LogP contribution is 2.26. The monoisotopic (exact) mass is 263 g/mol. The van der Waals surface area contributed by atoms with Crippen molar-refractivity contribution in [1.82, 2.24) is 10.3 Å². The number of thiazole rings is 1. The Hall–Kier alpha value is -1.41. The maximum absolute atomic E-state index is 12.0. The van der Waals surface area contributed by atoms with Crippen molar-refractivity contribution in [2.24, 2.45) is 5.92 Å². The van der Waals surface area contributed by atoms with Crippen LogP contribution >= 0.6 is 11.3 Å². The second-order valence-corrected chi connectivity index (χ2v) is 5.79. The molecule has 0 saturated heterocycles. The summed E-state index contributed by atoms with van der Waals surface area (Å²) >= 11 is 1.45. The molecule has 0 spiro atoms. The molecular formula is C13H17N3OS. The maximum Gasteiger partial charge on any atom is 0.271 e. The quantitative estimate of drug-likeness (QED) is 0.911. The molecule has 5 heteroatoms. The Bertz CT molecular complexity index is 457. The molecule has 1 amide bonds. The molecule has 1 fully saturated rings. The van der Waals surface area contributed by atoms with Crippen LogP contribution in [0.5, 0.6) is 0 Å². The zero-order valence-corrected chi connectivity index (χ0v) is 11.3. The summed E-state index contributed by atoms with van der Waals surface area (Å²) in [5, 5.41) is 14.6. The van der Waals surface area contributed by atoms with Crippen molar-refractivity contribution in [3.63, 3.8) is 0 Å². The first-order valence-electron chi connectivity index (χ1n) is 6.33. The summed E-state index contributed by atoms with van der Waals surface area (Å²) in [5.41, 5.74) is 0.425. The average molecular weight is 263 g/mol. The van der Waals surface area contributed by atoms with E-state index in [-0.39, 0.29) is 11.9 Å². The van der Waals surface area contributed by atoms with Gasteiger partial charge in [-0.05, 0) is 25.7 Å². The van der Waals surface area contributed by atoms with Crippen LogP contribution in [-0.2, 0) is 0 Å². The van der Waals surface area contributed by atoms with Gasteiger partial charge < -0.3 is 5.32 Å². The molecule has 1 aromatic rings. The lowest BCUT2D eigenvalue weighted by Gasteiger charge is -2.26. The topological polar surface area (TPSA) is 65.8 Å². The molecule has 1 aromatic heterocycles. The molecule has 0 aromatic carbocycles. The number of aryl methyl sites for hydroxylation is 1. The number of carbonyl (C=O) groups excluding carboxylic acids is 1. The van der Waals surface area contributed by atoms with Crippen molar-refractivity contribution in [2.45, 2.75) is 45.1 Å². The van der Waals surface area contributed by atoms with Crippen LogP contribution in [0, 0.1) is 24.2 Å². The Morgan fingerprint density at radius 1 is 1.56 bits per heavy atom. The van der Waals surface area contributed by atoms with Crippen LogP contribution in [0.3, 0.4) is 0 Å². The second kappa shape index (κ2) is 5.96.